The van der Waals surface area contributed by atoms with Crippen LogP contribution in [-0.2, 0) is 33.2 Å². The number of hydrogen-bond acceptors (Lipinski definition) is 11. The molecule has 0 spiro atoms. The Morgan fingerprint density at radius 1 is 0.470 bits per heavy atom. The van der Waals surface area contributed by atoms with Crippen LogP contribution < -0.4 is 10.6 Å². The van der Waals surface area contributed by atoms with Crippen molar-refractivity contribution in [3.63, 3.8) is 0 Å². The van der Waals surface area contributed by atoms with Gasteiger partial charge in [-0.1, -0.05) is 185 Å². The molecule has 0 amide bonds. The van der Waals surface area contributed by atoms with E-state index in [0.717, 1.165) is 58.0 Å². The van der Waals surface area contributed by atoms with Crippen LogP contribution in [0.2, 0.25) is 0 Å². The van der Waals surface area contributed by atoms with Crippen LogP contribution in [0.3, 0.4) is 0 Å². The third-order valence-corrected chi connectivity index (χ3v) is 11.8. The Morgan fingerprint density at radius 3 is 1.21 bits per heavy atom. The SMILES string of the molecule is CCCCCCCCCCCCCCC(CNCCCCC(NC[C@H](CCCCCCCCCCCCCC)OCCOCCOCCN=[N+]=[N-])C(=O)O)OCCOCCOCCN=[N+]=[N-]. The number of azide groups is 2. The molecular formula is C50H100N8O8. The average molecular weight is 941 g/mol. The minimum absolute atomic E-state index is 0.0866. The summed E-state index contributed by atoms with van der Waals surface area (Å²) in [6.07, 6.45) is 35.4. The first-order valence-corrected chi connectivity index (χ1v) is 26.8. The molecule has 0 aromatic rings. The van der Waals surface area contributed by atoms with E-state index in [-0.39, 0.29) is 12.2 Å². The lowest BCUT2D eigenvalue weighted by atomic mass is 10.0. The van der Waals surface area contributed by atoms with Gasteiger partial charge in [-0.25, -0.2) is 0 Å². The highest BCUT2D eigenvalue weighted by atomic mass is 16.6. The number of nitrogens with zero attached hydrogens (tertiary/aromatic N) is 6. The first-order valence-electron chi connectivity index (χ1n) is 26.8. The summed E-state index contributed by atoms with van der Waals surface area (Å²) in [6, 6.07) is -0.629. The van der Waals surface area contributed by atoms with Crippen molar-refractivity contribution >= 4 is 5.97 Å². The standard InChI is InChI=1S/C50H100N8O8/c1-3-5-7-9-11-13-15-17-19-21-23-25-29-47(65-43-41-63-39-37-61-35-33-55-57-51)45-53-32-28-27-31-49(50(59)60)54-46-48(66-44-42-64-40-38-62-36-34-56-58-52)30-26-24-22-20-18-16-14-12-10-8-6-4-2/h47-49,53-54H,3-46H2,1-2H3,(H,59,60)/t47?,48-,49?/m0/s1. The van der Waals surface area contributed by atoms with E-state index in [0.29, 0.717) is 92.1 Å². The van der Waals surface area contributed by atoms with Crippen LogP contribution in [0, 0.1) is 0 Å². The summed E-state index contributed by atoms with van der Waals surface area (Å²) in [4.78, 5) is 17.8. The minimum atomic E-state index is -0.825. The van der Waals surface area contributed by atoms with Gasteiger partial charge >= 0.3 is 5.97 Å². The molecule has 0 heterocycles. The van der Waals surface area contributed by atoms with Crippen LogP contribution in [0.1, 0.15) is 200 Å². The zero-order valence-electron chi connectivity index (χ0n) is 42.3. The molecule has 3 N–H and O–H groups in total. The van der Waals surface area contributed by atoms with Gasteiger partial charge in [0.15, 0.2) is 0 Å². The van der Waals surface area contributed by atoms with E-state index in [2.05, 4.69) is 44.5 Å². The van der Waals surface area contributed by atoms with Crippen molar-refractivity contribution in [3.8, 4) is 0 Å². The summed E-state index contributed by atoms with van der Waals surface area (Å²) in [6.45, 7) is 11.6. The summed E-state index contributed by atoms with van der Waals surface area (Å²) in [5.74, 6) is -0.825. The molecule has 0 rings (SSSR count). The second kappa shape index (κ2) is 55.4. The number of ether oxygens (including phenoxy) is 6. The smallest absolute Gasteiger partial charge is 0.320 e. The van der Waals surface area contributed by atoms with Crippen molar-refractivity contribution < 1.29 is 38.3 Å². The summed E-state index contributed by atoms with van der Waals surface area (Å²) >= 11 is 0. The maximum Gasteiger partial charge on any atom is 0.320 e. The Balaban J connectivity index is 4.72. The predicted molar refractivity (Wildman–Crippen MR) is 268 cm³/mol. The van der Waals surface area contributed by atoms with Crippen molar-refractivity contribution in [2.75, 3.05) is 98.8 Å². The summed E-state index contributed by atoms with van der Waals surface area (Å²) in [7, 11) is 0. The lowest BCUT2D eigenvalue weighted by Crippen LogP contribution is -2.42. The molecule has 16 nitrogen and oxygen atoms in total. The van der Waals surface area contributed by atoms with E-state index in [1.807, 2.05) is 0 Å². The van der Waals surface area contributed by atoms with Crippen molar-refractivity contribution in [1.29, 1.82) is 0 Å². The highest BCUT2D eigenvalue weighted by molar-refractivity contribution is 5.73. The van der Waals surface area contributed by atoms with Gasteiger partial charge in [-0.15, -0.1) is 0 Å². The van der Waals surface area contributed by atoms with Gasteiger partial charge in [0.1, 0.15) is 6.04 Å². The number of carboxylic acid groups (broad SMARTS) is 1. The summed E-state index contributed by atoms with van der Waals surface area (Å²) in [5, 5.41) is 23.9. The monoisotopic (exact) mass is 941 g/mol. The van der Waals surface area contributed by atoms with Crippen LogP contribution in [-0.4, -0.2) is 128 Å². The number of carboxylic acids is 1. The molecule has 0 fully saturated rings. The normalized spacial score (nSPS) is 12.8. The molecular weight excluding hydrogens is 841 g/mol. The molecule has 0 saturated heterocycles. The Labute approximate surface area is 402 Å². The van der Waals surface area contributed by atoms with Gasteiger partial charge in [0.25, 0.3) is 0 Å². The first-order chi connectivity index (χ1) is 32.6. The van der Waals surface area contributed by atoms with E-state index in [9.17, 15) is 9.90 Å². The highest BCUT2D eigenvalue weighted by Gasteiger charge is 2.19. The quantitative estimate of drug-likeness (QED) is 0.0227. The Kier molecular flexibility index (Phi) is 53.5. The third-order valence-electron chi connectivity index (χ3n) is 11.8. The lowest BCUT2D eigenvalue weighted by Gasteiger charge is -2.22. The molecule has 0 radical (unpaired) electrons. The number of nitrogens with one attached hydrogen (secondary N) is 2. The van der Waals surface area contributed by atoms with Crippen LogP contribution >= 0.6 is 0 Å². The molecule has 0 aliphatic rings. The third kappa shape index (κ3) is 49.7. The average Bonchev–Trinajstić information content (AvgIpc) is 3.32. The maximum atomic E-state index is 12.3. The summed E-state index contributed by atoms with van der Waals surface area (Å²) < 4.78 is 34.7. The van der Waals surface area contributed by atoms with Gasteiger partial charge < -0.3 is 44.2 Å². The fourth-order valence-electron chi connectivity index (χ4n) is 7.85. The van der Waals surface area contributed by atoms with E-state index in [1.165, 1.54) is 135 Å². The van der Waals surface area contributed by atoms with Gasteiger partial charge in [0, 0.05) is 36.0 Å². The first kappa shape index (κ1) is 63.8. The Hall–Kier alpha value is -2.23. The zero-order valence-corrected chi connectivity index (χ0v) is 42.3. The molecule has 16 heteroatoms. The number of unbranched alkanes of at least 4 members (excludes halogenated alkanes) is 23. The van der Waals surface area contributed by atoms with Gasteiger partial charge in [-0.3, -0.25) is 4.79 Å². The van der Waals surface area contributed by atoms with Crippen molar-refractivity contribution in [2.24, 2.45) is 10.2 Å². The Morgan fingerprint density at radius 2 is 0.818 bits per heavy atom. The van der Waals surface area contributed by atoms with Crippen LogP contribution in [0.5, 0.6) is 0 Å². The van der Waals surface area contributed by atoms with Crippen LogP contribution in [0.25, 0.3) is 20.9 Å². The molecule has 2 unspecified atom stereocenters. The predicted octanol–water partition coefficient (Wildman–Crippen LogP) is 12.4. The largest absolute Gasteiger partial charge is 0.480 e. The van der Waals surface area contributed by atoms with Gasteiger partial charge in [0.05, 0.1) is 78.3 Å². The van der Waals surface area contributed by atoms with Crippen molar-refractivity contribution in [3.05, 3.63) is 20.9 Å². The van der Waals surface area contributed by atoms with E-state index < -0.39 is 12.0 Å². The summed E-state index contributed by atoms with van der Waals surface area (Å²) in [5.41, 5.74) is 16.7. The molecule has 0 saturated carbocycles. The number of carbonyl (C=O) groups is 1. The molecule has 0 aromatic carbocycles. The molecule has 0 aliphatic carbocycles. The van der Waals surface area contributed by atoms with Gasteiger partial charge in [-0.05, 0) is 43.3 Å². The molecule has 66 heavy (non-hydrogen) atoms. The molecule has 0 aliphatic heterocycles. The fraction of sp³-hybridized carbons (Fsp3) is 0.980. The highest BCUT2D eigenvalue weighted by Crippen LogP contribution is 2.16. The lowest BCUT2D eigenvalue weighted by molar-refractivity contribution is -0.139. The molecule has 0 aromatic heterocycles. The van der Waals surface area contributed by atoms with Crippen LogP contribution in [0.15, 0.2) is 10.2 Å². The van der Waals surface area contributed by atoms with Crippen molar-refractivity contribution in [1.82, 2.24) is 10.6 Å². The topological polar surface area (TPSA) is 214 Å². The van der Waals surface area contributed by atoms with Gasteiger partial charge in [0.2, 0.25) is 0 Å². The fourth-order valence-corrected chi connectivity index (χ4v) is 7.85. The van der Waals surface area contributed by atoms with E-state index in [1.54, 1.807) is 0 Å². The second-order valence-electron chi connectivity index (χ2n) is 17.7. The van der Waals surface area contributed by atoms with E-state index >= 15 is 0 Å². The number of rotatable bonds is 57. The Bertz CT molecular complexity index is 1100. The zero-order chi connectivity index (χ0) is 47.9. The van der Waals surface area contributed by atoms with Crippen molar-refractivity contribution in [2.45, 2.75) is 218 Å². The molecule has 0 bridgehead atoms. The van der Waals surface area contributed by atoms with E-state index in [4.69, 9.17) is 39.5 Å². The molecule has 388 valence electrons. The van der Waals surface area contributed by atoms with Crippen LogP contribution in [0.4, 0.5) is 0 Å². The molecule has 3 atom stereocenters. The minimum Gasteiger partial charge on any atom is -0.480 e. The maximum absolute atomic E-state index is 12.3. The number of hydrogen-bond donors (Lipinski definition) is 3. The second-order valence-corrected chi connectivity index (χ2v) is 17.7. The number of aliphatic carboxylic acids is 1. The van der Waals surface area contributed by atoms with Gasteiger partial charge in [-0.2, -0.15) is 0 Å².